The Bertz CT molecular complexity index is 335. The Kier molecular flexibility index (Phi) is 2.80. The van der Waals surface area contributed by atoms with Gasteiger partial charge in [-0.1, -0.05) is 6.08 Å². The minimum Gasteiger partial charge on any atom is -0.466 e. The summed E-state index contributed by atoms with van der Waals surface area (Å²) in [6.45, 7) is 0. The van der Waals surface area contributed by atoms with Gasteiger partial charge in [-0.25, -0.2) is 9.59 Å². The second-order valence-corrected chi connectivity index (χ2v) is 2.51. The Labute approximate surface area is 75.4 Å². The third-order valence-electron chi connectivity index (χ3n) is 1.76. The summed E-state index contributed by atoms with van der Waals surface area (Å²) in [4.78, 5) is 21.4. The standard InChI is InChI=1S/C9H9NO3/c1-13-9(12)7-4-2-3-6(5-11)8(7)10/h2-4,8H,10H2,1H3. The molecular formula is C9H9NO3. The Hall–Kier alpha value is -1.64. The molecule has 4 heteroatoms. The van der Waals surface area contributed by atoms with E-state index in [1.807, 2.05) is 0 Å². The monoisotopic (exact) mass is 179 g/mol. The minimum atomic E-state index is -0.727. The van der Waals surface area contributed by atoms with Crippen molar-refractivity contribution >= 4 is 11.9 Å². The van der Waals surface area contributed by atoms with Crippen LogP contribution >= 0.6 is 0 Å². The van der Waals surface area contributed by atoms with Gasteiger partial charge in [0.05, 0.1) is 24.3 Å². The molecular weight excluding hydrogens is 170 g/mol. The number of methoxy groups -OCH3 is 1. The lowest BCUT2D eigenvalue weighted by Gasteiger charge is -2.15. The van der Waals surface area contributed by atoms with E-state index in [0.29, 0.717) is 0 Å². The number of rotatable bonds is 1. The molecule has 13 heavy (non-hydrogen) atoms. The number of hydrogen-bond donors (Lipinski definition) is 1. The van der Waals surface area contributed by atoms with Crippen LogP contribution in [0, 0.1) is 0 Å². The molecule has 0 fully saturated rings. The number of carbonyl (C=O) groups is 1. The van der Waals surface area contributed by atoms with Crippen LogP contribution in [0.25, 0.3) is 0 Å². The van der Waals surface area contributed by atoms with Crippen molar-refractivity contribution in [3.05, 3.63) is 29.4 Å². The summed E-state index contributed by atoms with van der Waals surface area (Å²) in [6, 6.07) is -0.727. The van der Waals surface area contributed by atoms with Crippen molar-refractivity contribution in [1.82, 2.24) is 0 Å². The first-order chi connectivity index (χ1) is 6.20. The lowest BCUT2D eigenvalue weighted by molar-refractivity contribution is -0.136. The van der Waals surface area contributed by atoms with Crippen molar-refractivity contribution in [2.75, 3.05) is 7.11 Å². The topological polar surface area (TPSA) is 69.4 Å². The molecule has 0 saturated carbocycles. The van der Waals surface area contributed by atoms with Crippen LogP contribution in [-0.2, 0) is 14.3 Å². The van der Waals surface area contributed by atoms with E-state index in [2.05, 4.69) is 4.74 Å². The molecule has 1 atom stereocenters. The molecule has 1 aliphatic carbocycles. The van der Waals surface area contributed by atoms with Gasteiger partial charge in [-0.15, -0.1) is 0 Å². The van der Waals surface area contributed by atoms with Crippen molar-refractivity contribution in [1.29, 1.82) is 0 Å². The van der Waals surface area contributed by atoms with Crippen molar-refractivity contribution in [2.45, 2.75) is 6.04 Å². The average Bonchev–Trinajstić information content (AvgIpc) is 2.17. The molecule has 0 amide bonds. The van der Waals surface area contributed by atoms with Crippen LogP contribution in [0.1, 0.15) is 0 Å². The van der Waals surface area contributed by atoms with Gasteiger partial charge in [0.15, 0.2) is 0 Å². The van der Waals surface area contributed by atoms with E-state index >= 15 is 0 Å². The summed E-state index contributed by atoms with van der Waals surface area (Å²) >= 11 is 0. The number of ether oxygens (including phenoxy) is 1. The van der Waals surface area contributed by atoms with Crippen LogP contribution < -0.4 is 5.73 Å². The zero-order valence-corrected chi connectivity index (χ0v) is 7.11. The van der Waals surface area contributed by atoms with Gasteiger partial charge < -0.3 is 10.5 Å². The number of hydrogen-bond acceptors (Lipinski definition) is 4. The molecule has 0 aromatic rings. The summed E-state index contributed by atoms with van der Waals surface area (Å²) in [7, 11) is 1.26. The van der Waals surface area contributed by atoms with Crippen molar-refractivity contribution < 1.29 is 14.3 Å². The van der Waals surface area contributed by atoms with Gasteiger partial charge in [0.2, 0.25) is 0 Å². The minimum absolute atomic E-state index is 0.253. The molecule has 0 heterocycles. The molecule has 1 unspecified atom stereocenters. The highest BCUT2D eigenvalue weighted by Gasteiger charge is 2.22. The lowest BCUT2D eigenvalue weighted by Crippen LogP contribution is -2.31. The third kappa shape index (κ3) is 1.75. The summed E-state index contributed by atoms with van der Waals surface area (Å²) in [6.07, 6.45) is 4.61. The average molecular weight is 179 g/mol. The molecule has 68 valence electrons. The molecule has 0 aromatic carbocycles. The normalized spacial score (nSPS) is 20.6. The van der Waals surface area contributed by atoms with Gasteiger partial charge in [-0.05, 0) is 12.2 Å². The highest BCUT2D eigenvalue weighted by atomic mass is 16.5. The second-order valence-electron chi connectivity index (χ2n) is 2.51. The van der Waals surface area contributed by atoms with Gasteiger partial charge in [0.25, 0.3) is 0 Å². The first kappa shape index (κ1) is 9.45. The number of esters is 1. The van der Waals surface area contributed by atoms with Crippen molar-refractivity contribution in [2.24, 2.45) is 5.73 Å². The summed E-state index contributed by atoms with van der Waals surface area (Å²) in [5.41, 5.74) is 6.11. The van der Waals surface area contributed by atoms with Gasteiger partial charge >= 0.3 is 5.97 Å². The fourth-order valence-electron chi connectivity index (χ4n) is 1.04. The fraction of sp³-hybridized carbons (Fsp3) is 0.222. The molecule has 0 radical (unpaired) electrons. The van der Waals surface area contributed by atoms with E-state index in [-0.39, 0.29) is 11.1 Å². The van der Waals surface area contributed by atoms with Crippen molar-refractivity contribution in [3.63, 3.8) is 0 Å². The quantitative estimate of drug-likeness (QED) is 0.444. The Balaban J connectivity index is 3.00. The molecule has 4 nitrogen and oxygen atoms in total. The van der Waals surface area contributed by atoms with Gasteiger partial charge in [0, 0.05) is 0 Å². The van der Waals surface area contributed by atoms with E-state index in [9.17, 15) is 9.59 Å². The summed E-state index contributed by atoms with van der Waals surface area (Å²) < 4.78 is 4.49. The first-order valence-corrected chi connectivity index (χ1v) is 3.68. The summed E-state index contributed by atoms with van der Waals surface area (Å²) in [5, 5.41) is 0. The van der Waals surface area contributed by atoms with Crippen LogP contribution in [0.2, 0.25) is 0 Å². The van der Waals surface area contributed by atoms with Crippen LogP contribution in [0.4, 0.5) is 0 Å². The van der Waals surface area contributed by atoms with E-state index in [1.54, 1.807) is 12.0 Å². The zero-order valence-electron chi connectivity index (χ0n) is 7.11. The van der Waals surface area contributed by atoms with Crippen LogP contribution in [0.3, 0.4) is 0 Å². The highest BCUT2D eigenvalue weighted by Crippen LogP contribution is 2.15. The maximum Gasteiger partial charge on any atom is 0.335 e. The molecule has 0 spiro atoms. The fourth-order valence-corrected chi connectivity index (χ4v) is 1.04. The molecule has 0 aromatic heterocycles. The van der Waals surface area contributed by atoms with Crippen LogP contribution in [0.5, 0.6) is 0 Å². The smallest absolute Gasteiger partial charge is 0.335 e. The van der Waals surface area contributed by atoms with E-state index in [0.717, 1.165) is 0 Å². The third-order valence-corrected chi connectivity index (χ3v) is 1.76. The van der Waals surface area contributed by atoms with Gasteiger partial charge in [0.1, 0.15) is 5.94 Å². The van der Waals surface area contributed by atoms with E-state index in [4.69, 9.17) is 5.73 Å². The van der Waals surface area contributed by atoms with Crippen LogP contribution in [-0.4, -0.2) is 25.1 Å². The van der Waals surface area contributed by atoms with Crippen molar-refractivity contribution in [3.8, 4) is 0 Å². The first-order valence-electron chi connectivity index (χ1n) is 3.68. The largest absolute Gasteiger partial charge is 0.466 e. The number of nitrogens with two attached hydrogens (primary N) is 1. The molecule has 1 rings (SSSR count). The molecule has 0 bridgehead atoms. The van der Waals surface area contributed by atoms with Gasteiger partial charge in [-0.3, -0.25) is 0 Å². The number of allylic oxidation sites excluding steroid dienone is 2. The van der Waals surface area contributed by atoms with E-state index in [1.165, 1.54) is 19.3 Å². The summed E-state index contributed by atoms with van der Waals surface area (Å²) in [5.74, 6) is 1.15. The molecule has 0 aliphatic heterocycles. The Morgan fingerprint density at radius 1 is 1.69 bits per heavy atom. The predicted octanol–water partition coefficient (Wildman–Crippen LogP) is -0.259. The Morgan fingerprint density at radius 2 is 2.38 bits per heavy atom. The maximum absolute atomic E-state index is 11.1. The molecule has 0 saturated heterocycles. The predicted molar refractivity (Wildman–Crippen MR) is 46.4 cm³/mol. The second kappa shape index (κ2) is 3.85. The van der Waals surface area contributed by atoms with Gasteiger partial charge in [-0.2, -0.15) is 0 Å². The zero-order chi connectivity index (χ0) is 9.84. The maximum atomic E-state index is 11.1. The van der Waals surface area contributed by atoms with Crippen LogP contribution in [0.15, 0.2) is 29.4 Å². The Morgan fingerprint density at radius 3 is 2.92 bits per heavy atom. The highest BCUT2D eigenvalue weighted by molar-refractivity contribution is 5.92. The molecule has 1 aliphatic rings. The number of carbonyl (C=O) groups excluding carboxylic acids is 2. The SMILES string of the molecule is COC(=O)C1=CC=CC(=C=O)C1N. The van der Waals surface area contributed by atoms with E-state index < -0.39 is 12.0 Å². The molecule has 2 N–H and O–H groups in total. The lowest BCUT2D eigenvalue weighted by atomic mass is 9.96.